The second-order valence-electron chi connectivity index (χ2n) is 5.04. The lowest BCUT2D eigenvalue weighted by Gasteiger charge is -2.17. The molecule has 0 saturated heterocycles. The monoisotopic (exact) mass is 294 g/mol. The minimum atomic E-state index is -0.0255. The third-order valence-electron chi connectivity index (χ3n) is 2.93. The number of carbonyl (C=O) groups excluding carboxylic acids is 1. The van der Waals surface area contributed by atoms with Crippen LogP contribution in [0.25, 0.3) is 0 Å². The number of aromatic nitrogens is 3. The van der Waals surface area contributed by atoms with Crippen molar-refractivity contribution < 1.29 is 9.53 Å². The van der Waals surface area contributed by atoms with Gasteiger partial charge in [-0.3, -0.25) is 4.79 Å². The van der Waals surface area contributed by atoms with Crippen molar-refractivity contribution in [1.82, 2.24) is 20.3 Å². The maximum atomic E-state index is 11.8. The highest BCUT2D eigenvalue weighted by Gasteiger charge is 2.24. The van der Waals surface area contributed by atoms with Crippen molar-refractivity contribution in [2.45, 2.75) is 32.2 Å². The van der Waals surface area contributed by atoms with Crippen LogP contribution in [-0.4, -0.2) is 54.1 Å². The molecule has 1 aliphatic rings. The average Bonchev–Trinajstić information content (AvgIpc) is 3.28. The number of ether oxygens (including phenoxy) is 1. The smallest absolute Gasteiger partial charge is 0.323 e. The molecule has 1 amide bonds. The Kier molecular flexibility index (Phi) is 5.13. The van der Waals surface area contributed by atoms with E-state index in [1.807, 2.05) is 6.92 Å². The number of rotatable bonds is 8. The molecule has 1 aromatic heterocycles. The molecule has 1 aromatic rings. The fraction of sp³-hybridized carbons (Fsp3) is 0.692. The SMILES string of the molecule is CCCOc1nc(NC)nc(N(C)CC(=O)NC2CC2)n1. The molecule has 2 N–H and O–H groups in total. The van der Waals surface area contributed by atoms with Gasteiger partial charge in [0.1, 0.15) is 0 Å². The summed E-state index contributed by atoms with van der Waals surface area (Å²) in [5.74, 6) is 0.800. The molecule has 0 aliphatic heterocycles. The quantitative estimate of drug-likeness (QED) is 0.717. The van der Waals surface area contributed by atoms with E-state index in [1.165, 1.54) is 0 Å². The zero-order chi connectivity index (χ0) is 15.2. The zero-order valence-corrected chi connectivity index (χ0v) is 12.7. The van der Waals surface area contributed by atoms with E-state index < -0.39 is 0 Å². The zero-order valence-electron chi connectivity index (χ0n) is 12.7. The molecule has 8 nitrogen and oxygen atoms in total. The fourth-order valence-corrected chi connectivity index (χ4v) is 1.67. The van der Waals surface area contributed by atoms with Gasteiger partial charge in [0.2, 0.25) is 17.8 Å². The molecule has 21 heavy (non-hydrogen) atoms. The number of amides is 1. The first-order chi connectivity index (χ1) is 10.1. The van der Waals surface area contributed by atoms with Crippen molar-refractivity contribution in [2.75, 3.05) is 37.5 Å². The molecule has 0 radical (unpaired) electrons. The molecule has 1 saturated carbocycles. The summed E-state index contributed by atoms with van der Waals surface area (Å²) < 4.78 is 5.44. The highest BCUT2D eigenvalue weighted by atomic mass is 16.5. The molecule has 2 rings (SSSR count). The highest BCUT2D eigenvalue weighted by molar-refractivity contribution is 5.81. The van der Waals surface area contributed by atoms with E-state index in [-0.39, 0.29) is 18.5 Å². The van der Waals surface area contributed by atoms with Gasteiger partial charge in [-0.15, -0.1) is 0 Å². The van der Waals surface area contributed by atoms with E-state index in [1.54, 1.807) is 19.0 Å². The van der Waals surface area contributed by atoms with Gasteiger partial charge in [0.15, 0.2) is 0 Å². The topological polar surface area (TPSA) is 92.3 Å². The van der Waals surface area contributed by atoms with Gasteiger partial charge < -0.3 is 20.3 Å². The molecule has 1 heterocycles. The van der Waals surface area contributed by atoms with E-state index in [4.69, 9.17) is 4.74 Å². The molecule has 116 valence electrons. The van der Waals surface area contributed by atoms with Crippen LogP contribution >= 0.6 is 0 Å². The van der Waals surface area contributed by atoms with Crippen LogP contribution in [0, 0.1) is 0 Å². The molecule has 8 heteroatoms. The van der Waals surface area contributed by atoms with Gasteiger partial charge in [0.05, 0.1) is 13.2 Å². The summed E-state index contributed by atoms with van der Waals surface area (Å²) in [7, 11) is 3.49. The Labute approximate surface area is 124 Å². The molecule has 0 bridgehead atoms. The van der Waals surface area contributed by atoms with Crippen molar-refractivity contribution in [1.29, 1.82) is 0 Å². The van der Waals surface area contributed by atoms with Gasteiger partial charge in [-0.05, 0) is 19.3 Å². The Hall–Kier alpha value is -2.12. The van der Waals surface area contributed by atoms with E-state index in [9.17, 15) is 4.79 Å². The maximum Gasteiger partial charge on any atom is 0.323 e. The second-order valence-corrected chi connectivity index (χ2v) is 5.04. The minimum absolute atomic E-state index is 0.0255. The normalized spacial score (nSPS) is 13.7. The molecular weight excluding hydrogens is 272 g/mol. The summed E-state index contributed by atoms with van der Waals surface area (Å²) in [6.45, 7) is 2.75. The Bertz CT molecular complexity index is 492. The first kappa shape index (κ1) is 15.3. The number of carbonyl (C=O) groups is 1. The maximum absolute atomic E-state index is 11.8. The molecule has 0 unspecified atom stereocenters. The number of anilines is 2. The predicted molar refractivity (Wildman–Crippen MR) is 79.6 cm³/mol. The number of nitrogens with one attached hydrogen (secondary N) is 2. The number of hydrogen-bond donors (Lipinski definition) is 2. The van der Waals surface area contributed by atoms with Crippen LogP contribution in [-0.2, 0) is 4.79 Å². The lowest BCUT2D eigenvalue weighted by atomic mass is 10.5. The van der Waals surface area contributed by atoms with Crippen LogP contribution in [0.4, 0.5) is 11.9 Å². The third-order valence-corrected chi connectivity index (χ3v) is 2.93. The van der Waals surface area contributed by atoms with E-state index in [2.05, 4.69) is 25.6 Å². The first-order valence-electron chi connectivity index (χ1n) is 7.19. The van der Waals surface area contributed by atoms with Crippen LogP contribution in [0.15, 0.2) is 0 Å². The van der Waals surface area contributed by atoms with Gasteiger partial charge in [0, 0.05) is 20.1 Å². The van der Waals surface area contributed by atoms with Gasteiger partial charge in [0.25, 0.3) is 0 Å². The molecule has 0 atom stereocenters. The Morgan fingerprint density at radius 1 is 1.38 bits per heavy atom. The van der Waals surface area contributed by atoms with E-state index in [0.717, 1.165) is 19.3 Å². The van der Waals surface area contributed by atoms with Crippen molar-refractivity contribution in [3.8, 4) is 6.01 Å². The summed E-state index contributed by atoms with van der Waals surface area (Å²) in [4.78, 5) is 26.1. The summed E-state index contributed by atoms with van der Waals surface area (Å²) >= 11 is 0. The van der Waals surface area contributed by atoms with Gasteiger partial charge in [-0.25, -0.2) is 0 Å². The number of likely N-dealkylation sites (N-methyl/N-ethyl adjacent to an activating group) is 1. The van der Waals surface area contributed by atoms with Crippen LogP contribution in [0.2, 0.25) is 0 Å². The van der Waals surface area contributed by atoms with Crippen LogP contribution in [0.5, 0.6) is 6.01 Å². The minimum Gasteiger partial charge on any atom is -0.463 e. The summed E-state index contributed by atoms with van der Waals surface area (Å²) in [5.41, 5.74) is 0. The lowest BCUT2D eigenvalue weighted by molar-refractivity contribution is -0.119. The lowest BCUT2D eigenvalue weighted by Crippen LogP contribution is -2.37. The Morgan fingerprint density at radius 2 is 2.14 bits per heavy atom. The summed E-state index contributed by atoms with van der Waals surface area (Å²) in [6, 6.07) is 0.612. The molecule has 1 aliphatic carbocycles. The van der Waals surface area contributed by atoms with Crippen molar-refractivity contribution in [2.24, 2.45) is 0 Å². The van der Waals surface area contributed by atoms with Crippen LogP contribution in [0.3, 0.4) is 0 Å². The first-order valence-corrected chi connectivity index (χ1v) is 7.19. The van der Waals surface area contributed by atoms with E-state index >= 15 is 0 Å². The largest absolute Gasteiger partial charge is 0.463 e. The Balaban J connectivity index is 2.02. The third kappa shape index (κ3) is 4.73. The van der Waals surface area contributed by atoms with Gasteiger partial charge in [-0.1, -0.05) is 6.92 Å². The highest BCUT2D eigenvalue weighted by Crippen LogP contribution is 2.18. The summed E-state index contributed by atoms with van der Waals surface area (Å²) in [6.07, 6.45) is 3.01. The number of nitrogens with zero attached hydrogens (tertiary/aromatic N) is 4. The van der Waals surface area contributed by atoms with Gasteiger partial charge >= 0.3 is 6.01 Å². The second kappa shape index (κ2) is 7.05. The molecular formula is C13H22N6O2. The molecule has 0 aromatic carbocycles. The fourth-order valence-electron chi connectivity index (χ4n) is 1.67. The van der Waals surface area contributed by atoms with Crippen molar-refractivity contribution >= 4 is 17.8 Å². The molecule has 1 fully saturated rings. The van der Waals surface area contributed by atoms with E-state index in [0.29, 0.717) is 24.5 Å². The summed E-state index contributed by atoms with van der Waals surface area (Å²) in [5, 5.41) is 5.80. The number of hydrogen-bond acceptors (Lipinski definition) is 7. The van der Waals surface area contributed by atoms with Crippen molar-refractivity contribution in [3.05, 3.63) is 0 Å². The Morgan fingerprint density at radius 3 is 2.76 bits per heavy atom. The standard InChI is InChI=1S/C13H22N6O2/c1-4-7-21-13-17-11(14-2)16-12(18-13)19(3)8-10(20)15-9-5-6-9/h9H,4-8H2,1-3H3,(H,15,20)(H,14,16,17,18). The van der Waals surface area contributed by atoms with Crippen LogP contribution in [0.1, 0.15) is 26.2 Å². The van der Waals surface area contributed by atoms with Crippen LogP contribution < -0.4 is 20.3 Å². The molecule has 0 spiro atoms. The van der Waals surface area contributed by atoms with Crippen molar-refractivity contribution in [3.63, 3.8) is 0 Å². The predicted octanol–water partition coefficient (Wildman–Crippen LogP) is 0.417. The average molecular weight is 294 g/mol. The van der Waals surface area contributed by atoms with Gasteiger partial charge in [-0.2, -0.15) is 15.0 Å².